The van der Waals surface area contributed by atoms with Gasteiger partial charge < -0.3 is 15.4 Å². The quantitative estimate of drug-likeness (QED) is 0.526. The minimum Gasteiger partial charge on any atom is -0.385 e. The molecule has 0 aromatic heterocycles. The number of rotatable bonds is 3. The van der Waals surface area contributed by atoms with Crippen LogP contribution < -0.4 is 5.73 Å². The first-order valence-corrected chi connectivity index (χ1v) is 5.19. The third kappa shape index (κ3) is 3.64. The summed E-state index contributed by atoms with van der Waals surface area (Å²) in [5.74, 6) is 1.19. The zero-order valence-electron chi connectivity index (χ0n) is 9.36. The van der Waals surface area contributed by atoms with Crippen molar-refractivity contribution in [3.63, 3.8) is 0 Å². The Hall–Kier alpha value is -0.610. The van der Waals surface area contributed by atoms with Crippen LogP contribution in [0.15, 0.2) is 4.99 Å². The van der Waals surface area contributed by atoms with Gasteiger partial charge in [0, 0.05) is 19.6 Å². The fourth-order valence-corrected chi connectivity index (χ4v) is 1.35. The molecule has 1 aliphatic rings. The summed E-state index contributed by atoms with van der Waals surface area (Å²) in [6.45, 7) is 7.63. The number of nitrogens with two attached hydrogens (primary N) is 1. The number of likely N-dealkylation sites (N-methyl/N-ethyl adjacent to an activating group) is 1. The van der Waals surface area contributed by atoms with Crippen LogP contribution in [0.1, 0.15) is 13.8 Å². The topological polar surface area (TPSA) is 50.8 Å². The normalized spacial score (nSPS) is 25.7. The number of nitrogens with zero attached hydrogens (tertiary/aromatic N) is 2. The zero-order valence-corrected chi connectivity index (χ0v) is 9.36. The second kappa shape index (κ2) is 5.32. The van der Waals surface area contributed by atoms with E-state index in [1.807, 2.05) is 0 Å². The maximum atomic E-state index is 5.86. The van der Waals surface area contributed by atoms with Gasteiger partial charge in [-0.05, 0) is 13.0 Å². The first-order valence-electron chi connectivity index (χ1n) is 5.19. The van der Waals surface area contributed by atoms with E-state index in [0.717, 1.165) is 26.2 Å². The van der Waals surface area contributed by atoms with Crippen molar-refractivity contribution < 1.29 is 4.74 Å². The summed E-state index contributed by atoms with van der Waals surface area (Å²) in [5, 5.41) is 0. The maximum Gasteiger partial charge on any atom is 0.127 e. The van der Waals surface area contributed by atoms with Gasteiger partial charge in [0.2, 0.25) is 0 Å². The van der Waals surface area contributed by atoms with E-state index >= 15 is 0 Å². The van der Waals surface area contributed by atoms with Crippen molar-refractivity contribution >= 4 is 5.84 Å². The Morgan fingerprint density at radius 3 is 2.93 bits per heavy atom. The van der Waals surface area contributed by atoms with Crippen LogP contribution in [-0.4, -0.2) is 50.1 Å². The molecule has 1 fully saturated rings. The second-order valence-electron chi connectivity index (χ2n) is 4.28. The van der Waals surface area contributed by atoms with Crippen molar-refractivity contribution in [1.82, 2.24) is 4.90 Å². The van der Waals surface area contributed by atoms with Gasteiger partial charge in [0.1, 0.15) is 11.9 Å². The van der Waals surface area contributed by atoms with Crippen LogP contribution in [0.3, 0.4) is 0 Å². The molecule has 0 aliphatic carbocycles. The van der Waals surface area contributed by atoms with E-state index in [2.05, 4.69) is 30.8 Å². The molecule has 1 rings (SSSR count). The molecule has 4 heteroatoms. The van der Waals surface area contributed by atoms with Crippen LogP contribution >= 0.6 is 0 Å². The summed E-state index contributed by atoms with van der Waals surface area (Å²) in [6.07, 6.45) is -0.00694. The highest BCUT2D eigenvalue weighted by Gasteiger charge is 2.20. The fourth-order valence-electron chi connectivity index (χ4n) is 1.35. The molecule has 2 N–H and O–H groups in total. The molecule has 1 unspecified atom stereocenters. The molecule has 1 heterocycles. The van der Waals surface area contributed by atoms with Crippen molar-refractivity contribution in [2.45, 2.75) is 20.0 Å². The molecule has 82 valence electrons. The molecule has 0 spiro atoms. The van der Waals surface area contributed by atoms with E-state index < -0.39 is 0 Å². The molecule has 0 amide bonds. The zero-order chi connectivity index (χ0) is 10.6. The molecule has 1 aliphatic heterocycles. The van der Waals surface area contributed by atoms with Crippen molar-refractivity contribution in [2.24, 2.45) is 16.6 Å². The molecular formula is C10H21N3O. The number of hydrogen-bond acceptors (Lipinski definition) is 3. The summed E-state index contributed by atoms with van der Waals surface area (Å²) in [6, 6.07) is 0. The molecule has 0 aromatic carbocycles. The van der Waals surface area contributed by atoms with E-state index in [9.17, 15) is 0 Å². The van der Waals surface area contributed by atoms with E-state index in [4.69, 9.17) is 10.5 Å². The van der Waals surface area contributed by atoms with E-state index in [0.29, 0.717) is 11.8 Å². The molecular weight excluding hydrogens is 178 g/mol. The lowest BCUT2D eigenvalue weighted by molar-refractivity contribution is 0.0166. The van der Waals surface area contributed by atoms with Gasteiger partial charge in [0.15, 0.2) is 0 Å². The summed E-state index contributed by atoms with van der Waals surface area (Å²) >= 11 is 0. The molecule has 1 saturated heterocycles. The average molecular weight is 199 g/mol. The van der Waals surface area contributed by atoms with Crippen molar-refractivity contribution in [3.8, 4) is 0 Å². The Balaban J connectivity index is 2.42. The van der Waals surface area contributed by atoms with Gasteiger partial charge in [-0.3, -0.25) is 4.99 Å². The third-order valence-corrected chi connectivity index (χ3v) is 2.24. The Bertz CT molecular complexity index is 204. The minimum absolute atomic E-state index is 0.00694. The monoisotopic (exact) mass is 199 g/mol. The lowest BCUT2D eigenvalue weighted by atomic mass is 10.2. The number of ether oxygens (including phenoxy) is 1. The second-order valence-corrected chi connectivity index (χ2v) is 4.28. The van der Waals surface area contributed by atoms with Gasteiger partial charge in [-0.1, -0.05) is 13.8 Å². The van der Waals surface area contributed by atoms with Crippen molar-refractivity contribution in [2.75, 3.05) is 33.3 Å². The van der Waals surface area contributed by atoms with Gasteiger partial charge in [-0.15, -0.1) is 0 Å². The van der Waals surface area contributed by atoms with Gasteiger partial charge in [-0.25, -0.2) is 0 Å². The van der Waals surface area contributed by atoms with Crippen LogP contribution in [0.25, 0.3) is 0 Å². The SMILES string of the molecule is CC(C)CN=C(N)C1CN(C)CCO1. The molecule has 0 aromatic rings. The average Bonchev–Trinajstić information content (AvgIpc) is 2.14. The summed E-state index contributed by atoms with van der Waals surface area (Å²) in [7, 11) is 2.07. The van der Waals surface area contributed by atoms with Crippen LogP contribution in [0, 0.1) is 5.92 Å². The Labute approximate surface area is 86.1 Å². The summed E-state index contributed by atoms with van der Waals surface area (Å²) < 4.78 is 5.54. The van der Waals surface area contributed by atoms with Crippen molar-refractivity contribution in [3.05, 3.63) is 0 Å². The van der Waals surface area contributed by atoms with E-state index in [1.165, 1.54) is 0 Å². The number of amidine groups is 1. The van der Waals surface area contributed by atoms with Gasteiger partial charge in [-0.2, -0.15) is 0 Å². The molecule has 4 nitrogen and oxygen atoms in total. The van der Waals surface area contributed by atoms with Gasteiger partial charge >= 0.3 is 0 Å². The summed E-state index contributed by atoms with van der Waals surface area (Å²) in [5.41, 5.74) is 5.86. The summed E-state index contributed by atoms with van der Waals surface area (Å²) in [4.78, 5) is 6.54. The third-order valence-electron chi connectivity index (χ3n) is 2.24. The highest BCUT2D eigenvalue weighted by molar-refractivity contribution is 5.85. The predicted octanol–water partition coefficient (Wildman–Crippen LogP) is 0.330. The van der Waals surface area contributed by atoms with Crippen molar-refractivity contribution in [1.29, 1.82) is 0 Å². The highest BCUT2D eigenvalue weighted by atomic mass is 16.5. The maximum absolute atomic E-state index is 5.86. The first kappa shape index (κ1) is 11.5. The van der Waals surface area contributed by atoms with Gasteiger partial charge in [0.05, 0.1) is 6.61 Å². The van der Waals surface area contributed by atoms with Crippen LogP contribution in [0.2, 0.25) is 0 Å². The standard InChI is InChI=1S/C10H21N3O/c1-8(2)6-12-10(11)9-7-13(3)4-5-14-9/h8-9H,4-7H2,1-3H3,(H2,11,12). The Kier molecular flexibility index (Phi) is 4.35. The predicted molar refractivity (Wildman–Crippen MR) is 58.6 cm³/mol. The lowest BCUT2D eigenvalue weighted by Gasteiger charge is -2.29. The van der Waals surface area contributed by atoms with Crippen LogP contribution in [0.4, 0.5) is 0 Å². The molecule has 1 atom stereocenters. The number of aliphatic imine (C=N–C) groups is 1. The molecule has 0 radical (unpaired) electrons. The Morgan fingerprint density at radius 2 is 2.36 bits per heavy atom. The highest BCUT2D eigenvalue weighted by Crippen LogP contribution is 2.03. The largest absolute Gasteiger partial charge is 0.385 e. The fraction of sp³-hybridized carbons (Fsp3) is 0.900. The number of hydrogen-bond donors (Lipinski definition) is 1. The smallest absolute Gasteiger partial charge is 0.127 e. The van der Waals surface area contributed by atoms with E-state index in [-0.39, 0.29) is 6.10 Å². The number of morpholine rings is 1. The molecule has 0 bridgehead atoms. The first-order chi connectivity index (χ1) is 6.59. The van der Waals surface area contributed by atoms with Gasteiger partial charge in [0.25, 0.3) is 0 Å². The van der Waals surface area contributed by atoms with E-state index in [1.54, 1.807) is 0 Å². The molecule has 14 heavy (non-hydrogen) atoms. The Morgan fingerprint density at radius 1 is 1.64 bits per heavy atom. The van der Waals surface area contributed by atoms with Crippen LogP contribution in [0.5, 0.6) is 0 Å². The molecule has 0 saturated carbocycles. The van der Waals surface area contributed by atoms with Crippen LogP contribution in [-0.2, 0) is 4.74 Å². The lowest BCUT2D eigenvalue weighted by Crippen LogP contribution is -2.47. The minimum atomic E-state index is -0.00694.